The Hall–Kier alpha value is -1.82. The zero-order chi connectivity index (χ0) is 16.8. The Kier molecular flexibility index (Phi) is 6.61. The quantitative estimate of drug-likeness (QED) is 0.811. The first kappa shape index (κ1) is 18.2. The number of halogens is 1. The molecule has 2 amide bonds. The summed E-state index contributed by atoms with van der Waals surface area (Å²) in [4.78, 5) is 13.6. The Morgan fingerprint density at radius 1 is 1.45 bits per heavy atom. The fourth-order valence-corrected chi connectivity index (χ4v) is 2.08. The maximum absolute atomic E-state index is 13.3. The fraction of sp³-hybridized carbons (Fsp3) is 0.562. The molecule has 1 aromatic rings. The predicted molar refractivity (Wildman–Crippen MR) is 83.6 cm³/mol. The molecule has 6 heteroatoms. The van der Waals surface area contributed by atoms with Crippen molar-refractivity contribution < 1.29 is 19.0 Å². The van der Waals surface area contributed by atoms with E-state index in [-0.39, 0.29) is 18.3 Å². The number of carbonyl (C=O) groups is 1. The van der Waals surface area contributed by atoms with Crippen LogP contribution in [0.15, 0.2) is 18.2 Å². The Bertz CT molecular complexity index is 501. The highest BCUT2D eigenvalue weighted by atomic mass is 19.1. The van der Waals surface area contributed by atoms with E-state index >= 15 is 0 Å². The Morgan fingerprint density at radius 3 is 2.68 bits per heavy atom. The lowest BCUT2D eigenvalue weighted by atomic mass is 10.1. The van der Waals surface area contributed by atoms with Crippen LogP contribution in [0.4, 0.5) is 9.18 Å². The summed E-state index contributed by atoms with van der Waals surface area (Å²) in [6.45, 7) is 6.38. The number of benzene rings is 1. The molecule has 0 aliphatic carbocycles. The molecule has 0 heterocycles. The topological polar surface area (TPSA) is 61.8 Å². The van der Waals surface area contributed by atoms with E-state index in [9.17, 15) is 14.3 Å². The summed E-state index contributed by atoms with van der Waals surface area (Å²) < 4.78 is 18.2. The van der Waals surface area contributed by atoms with Gasteiger partial charge in [-0.25, -0.2) is 9.18 Å². The number of hydrogen-bond donors (Lipinski definition) is 2. The number of rotatable bonds is 7. The summed E-state index contributed by atoms with van der Waals surface area (Å²) in [5.74, 6) is -0.210. The molecule has 124 valence electrons. The Labute approximate surface area is 131 Å². The first-order chi connectivity index (χ1) is 10.3. The molecule has 0 aliphatic heterocycles. The van der Waals surface area contributed by atoms with E-state index in [0.717, 1.165) is 5.56 Å². The largest absolute Gasteiger partial charge is 0.494 e. The second-order valence-electron chi connectivity index (χ2n) is 5.78. The Morgan fingerprint density at radius 2 is 2.14 bits per heavy atom. The molecular weight excluding hydrogens is 287 g/mol. The molecule has 0 radical (unpaired) electrons. The van der Waals surface area contributed by atoms with Crippen LogP contribution in [-0.4, -0.2) is 48.4 Å². The van der Waals surface area contributed by atoms with Crippen molar-refractivity contribution in [1.29, 1.82) is 0 Å². The van der Waals surface area contributed by atoms with E-state index < -0.39 is 11.4 Å². The van der Waals surface area contributed by atoms with Gasteiger partial charge in [-0.15, -0.1) is 0 Å². The van der Waals surface area contributed by atoms with Gasteiger partial charge in [0.1, 0.15) is 0 Å². The van der Waals surface area contributed by atoms with Crippen molar-refractivity contribution in [2.75, 3.05) is 26.7 Å². The summed E-state index contributed by atoms with van der Waals surface area (Å²) in [7, 11) is 1.42. The summed E-state index contributed by atoms with van der Waals surface area (Å²) in [6, 6.07) is 4.41. The lowest BCUT2D eigenvalue weighted by molar-refractivity contribution is 0.0480. The van der Waals surface area contributed by atoms with Crippen LogP contribution >= 0.6 is 0 Å². The van der Waals surface area contributed by atoms with E-state index in [0.29, 0.717) is 19.5 Å². The molecule has 1 aromatic carbocycles. The maximum Gasteiger partial charge on any atom is 0.317 e. The van der Waals surface area contributed by atoms with Gasteiger partial charge in [0.05, 0.1) is 19.3 Å². The molecule has 0 aromatic heterocycles. The molecule has 22 heavy (non-hydrogen) atoms. The fourth-order valence-electron chi connectivity index (χ4n) is 2.08. The first-order valence-electron chi connectivity index (χ1n) is 7.34. The van der Waals surface area contributed by atoms with Crippen molar-refractivity contribution in [3.05, 3.63) is 29.6 Å². The second kappa shape index (κ2) is 7.98. The van der Waals surface area contributed by atoms with Gasteiger partial charge in [0, 0.05) is 13.1 Å². The smallest absolute Gasteiger partial charge is 0.317 e. The van der Waals surface area contributed by atoms with Crippen LogP contribution in [0.3, 0.4) is 0 Å². The van der Waals surface area contributed by atoms with Gasteiger partial charge in [0.2, 0.25) is 0 Å². The molecule has 0 aliphatic rings. The highest BCUT2D eigenvalue weighted by Gasteiger charge is 2.20. The van der Waals surface area contributed by atoms with Crippen LogP contribution in [-0.2, 0) is 6.42 Å². The number of ether oxygens (including phenoxy) is 1. The third-order valence-electron chi connectivity index (χ3n) is 3.15. The summed E-state index contributed by atoms with van der Waals surface area (Å²) in [5.41, 5.74) is -0.0541. The van der Waals surface area contributed by atoms with Crippen molar-refractivity contribution in [1.82, 2.24) is 10.2 Å². The molecular formula is C16H25FN2O3. The highest BCUT2D eigenvalue weighted by Crippen LogP contribution is 2.18. The molecule has 0 saturated heterocycles. The van der Waals surface area contributed by atoms with Gasteiger partial charge in [-0.2, -0.15) is 0 Å². The zero-order valence-corrected chi connectivity index (χ0v) is 13.6. The minimum absolute atomic E-state index is 0.195. The number of hydrogen-bond acceptors (Lipinski definition) is 3. The number of methoxy groups -OCH3 is 1. The lowest BCUT2D eigenvalue weighted by Crippen LogP contribution is -2.47. The van der Waals surface area contributed by atoms with Crippen molar-refractivity contribution in [3.8, 4) is 5.75 Å². The SMILES string of the molecule is CCN(CC(C)(C)O)C(=O)NCCc1ccc(F)c(OC)c1. The van der Waals surface area contributed by atoms with Crippen LogP contribution < -0.4 is 10.1 Å². The number of urea groups is 1. The molecule has 1 rings (SSSR count). The average molecular weight is 312 g/mol. The average Bonchev–Trinajstić information content (AvgIpc) is 2.45. The van der Waals surface area contributed by atoms with E-state index in [1.165, 1.54) is 13.2 Å². The monoisotopic (exact) mass is 312 g/mol. The first-order valence-corrected chi connectivity index (χ1v) is 7.34. The minimum atomic E-state index is -0.933. The van der Waals surface area contributed by atoms with Crippen molar-refractivity contribution in [3.63, 3.8) is 0 Å². The standard InChI is InChI=1S/C16H25FN2O3/c1-5-19(11-16(2,3)21)15(20)18-9-8-12-6-7-13(17)14(10-12)22-4/h6-7,10,21H,5,8-9,11H2,1-4H3,(H,18,20). The van der Waals surface area contributed by atoms with Crippen LogP contribution in [0.2, 0.25) is 0 Å². The molecule has 0 saturated carbocycles. The number of likely N-dealkylation sites (N-methyl/N-ethyl adjacent to an activating group) is 1. The summed E-state index contributed by atoms with van der Waals surface area (Å²) >= 11 is 0. The number of carbonyl (C=O) groups excluding carboxylic acids is 1. The van der Waals surface area contributed by atoms with E-state index in [2.05, 4.69) is 5.32 Å². The molecule has 0 atom stereocenters. The summed E-state index contributed by atoms with van der Waals surface area (Å²) in [6.07, 6.45) is 0.572. The third-order valence-corrected chi connectivity index (χ3v) is 3.15. The van der Waals surface area contributed by atoms with Gasteiger partial charge in [-0.1, -0.05) is 6.07 Å². The van der Waals surface area contributed by atoms with Crippen molar-refractivity contribution >= 4 is 6.03 Å². The van der Waals surface area contributed by atoms with Crippen LogP contribution in [0.1, 0.15) is 26.3 Å². The van der Waals surface area contributed by atoms with Gasteiger partial charge >= 0.3 is 6.03 Å². The van der Waals surface area contributed by atoms with Gasteiger partial charge in [0.25, 0.3) is 0 Å². The zero-order valence-electron chi connectivity index (χ0n) is 13.6. The lowest BCUT2D eigenvalue weighted by Gasteiger charge is -2.28. The van der Waals surface area contributed by atoms with Crippen LogP contribution in [0.25, 0.3) is 0 Å². The third kappa shape index (κ3) is 5.89. The van der Waals surface area contributed by atoms with Gasteiger partial charge in [-0.3, -0.25) is 0 Å². The molecule has 5 nitrogen and oxygen atoms in total. The molecule has 0 bridgehead atoms. The predicted octanol–water partition coefficient (Wildman–Crippen LogP) is 2.18. The number of aliphatic hydroxyl groups is 1. The molecule has 2 N–H and O–H groups in total. The minimum Gasteiger partial charge on any atom is -0.494 e. The Balaban J connectivity index is 2.50. The highest BCUT2D eigenvalue weighted by molar-refractivity contribution is 5.74. The van der Waals surface area contributed by atoms with E-state index in [1.807, 2.05) is 6.92 Å². The summed E-state index contributed by atoms with van der Waals surface area (Å²) in [5, 5.41) is 12.6. The maximum atomic E-state index is 13.3. The molecule has 0 fully saturated rings. The van der Waals surface area contributed by atoms with Crippen molar-refractivity contribution in [2.45, 2.75) is 32.8 Å². The van der Waals surface area contributed by atoms with E-state index in [4.69, 9.17) is 4.74 Å². The van der Waals surface area contributed by atoms with Crippen LogP contribution in [0.5, 0.6) is 5.75 Å². The van der Waals surface area contributed by atoms with Gasteiger partial charge in [-0.05, 0) is 44.9 Å². The molecule has 0 spiro atoms. The number of nitrogens with one attached hydrogen (secondary N) is 1. The normalized spacial score (nSPS) is 11.2. The van der Waals surface area contributed by atoms with Gasteiger partial charge in [0.15, 0.2) is 11.6 Å². The molecule has 0 unspecified atom stereocenters. The second-order valence-corrected chi connectivity index (χ2v) is 5.78. The van der Waals surface area contributed by atoms with E-state index in [1.54, 1.807) is 30.9 Å². The van der Waals surface area contributed by atoms with Crippen LogP contribution in [0, 0.1) is 5.82 Å². The number of nitrogens with zero attached hydrogens (tertiary/aromatic N) is 1. The number of amides is 2. The van der Waals surface area contributed by atoms with Crippen molar-refractivity contribution in [2.24, 2.45) is 0 Å². The van der Waals surface area contributed by atoms with Gasteiger partial charge < -0.3 is 20.1 Å².